The van der Waals surface area contributed by atoms with Crippen LogP contribution in [0.3, 0.4) is 0 Å². The molecule has 3 unspecified atom stereocenters. The number of piperidine rings is 1. The second kappa shape index (κ2) is 4.31. The lowest BCUT2D eigenvalue weighted by Gasteiger charge is -2.78. The molecule has 0 aromatic heterocycles. The van der Waals surface area contributed by atoms with Gasteiger partial charge in [-0.3, -0.25) is 4.79 Å². The van der Waals surface area contributed by atoms with Crippen molar-refractivity contribution >= 4 is 5.78 Å². The highest BCUT2D eigenvalue weighted by Crippen LogP contribution is 2.78. The maximum absolute atomic E-state index is 13.5. The summed E-state index contributed by atoms with van der Waals surface area (Å²) in [5, 5.41) is 0. The molecule has 0 radical (unpaired) electrons. The molecule has 9 fully saturated rings. The van der Waals surface area contributed by atoms with E-state index in [0.717, 1.165) is 38.0 Å². The van der Waals surface area contributed by atoms with E-state index in [1.54, 1.807) is 0 Å². The highest BCUT2D eigenvalue weighted by Gasteiger charge is 2.81. The highest BCUT2D eigenvalue weighted by atomic mass is 16.6. The summed E-state index contributed by atoms with van der Waals surface area (Å²) in [5.41, 5.74) is 1.07. The molecule has 9 aliphatic rings. The van der Waals surface area contributed by atoms with E-state index in [2.05, 4.69) is 18.4 Å². The number of ketones is 1. The summed E-state index contributed by atoms with van der Waals surface area (Å²) in [5.74, 6) is 1.98. The number of rotatable bonds is 0. The topological polar surface area (TPSA) is 38.8 Å². The molecule has 0 aromatic rings. The molecule has 5 aliphatic carbocycles. The van der Waals surface area contributed by atoms with Crippen LogP contribution in [0.5, 0.6) is 0 Å². The number of carbonyl (C=O) groups is 1. The van der Waals surface area contributed by atoms with E-state index in [0.29, 0.717) is 23.5 Å². The fraction of sp³-hybridized carbons (Fsp3) is 0.864. The molecule has 26 heavy (non-hydrogen) atoms. The van der Waals surface area contributed by atoms with Gasteiger partial charge in [0, 0.05) is 17.4 Å². The lowest BCUT2D eigenvalue weighted by molar-refractivity contribution is -0.404. The van der Waals surface area contributed by atoms with Crippen molar-refractivity contribution in [1.82, 2.24) is 4.90 Å². The summed E-state index contributed by atoms with van der Waals surface area (Å²) in [7, 11) is 0. The maximum atomic E-state index is 13.5. The molecule has 2 spiro atoms. The second-order valence-electron chi connectivity index (χ2n) is 10.6. The Morgan fingerprint density at radius 1 is 1.15 bits per heavy atom. The Labute approximate surface area is 155 Å². The minimum absolute atomic E-state index is 0.105. The number of fused-ring (bicyclic) bond motifs is 4. The summed E-state index contributed by atoms with van der Waals surface area (Å²) < 4.78 is 13.2. The van der Waals surface area contributed by atoms with Gasteiger partial charge in [0.1, 0.15) is 12.5 Å². The van der Waals surface area contributed by atoms with Crippen LogP contribution in [0.1, 0.15) is 51.9 Å². The molecular weight excluding hydrogens is 326 g/mol. The lowest BCUT2D eigenvalue weighted by atomic mass is 9.32. The van der Waals surface area contributed by atoms with Crippen LogP contribution in [0.25, 0.3) is 0 Å². The number of hydrogen-bond acceptors (Lipinski definition) is 4. The Hall–Kier alpha value is -0.710. The van der Waals surface area contributed by atoms with E-state index >= 15 is 0 Å². The van der Waals surface area contributed by atoms with Crippen LogP contribution in [-0.4, -0.2) is 42.4 Å². The fourth-order valence-corrected chi connectivity index (χ4v) is 9.47. The van der Waals surface area contributed by atoms with Gasteiger partial charge in [0.15, 0.2) is 5.78 Å². The van der Waals surface area contributed by atoms with Crippen molar-refractivity contribution in [3.63, 3.8) is 0 Å². The Balaban J connectivity index is 1.46. The lowest BCUT2D eigenvalue weighted by Crippen LogP contribution is -2.82. The molecule has 0 N–H and O–H groups in total. The average molecular weight is 355 g/mol. The Morgan fingerprint density at radius 2 is 2.04 bits per heavy atom. The van der Waals surface area contributed by atoms with Crippen molar-refractivity contribution in [1.29, 1.82) is 0 Å². The van der Waals surface area contributed by atoms with Gasteiger partial charge in [-0.1, -0.05) is 19.9 Å². The molecule has 4 nitrogen and oxygen atoms in total. The summed E-state index contributed by atoms with van der Waals surface area (Å²) in [4.78, 5) is 16.1. The van der Waals surface area contributed by atoms with Gasteiger partial charge in [0.2, 0.25) is 0 Å². The smallest absolute Gasteiger partial charge is 0.167 e. The number of Topliss-reactive ketones (excluding diaryl/α,β-unsaturated/α-hetero) is 1. The minimum atomic E-state index is -0.246. The predicted molar refractivity (Wildman–Crippen MR) is 95.0 cm³/mol. The highest BCUT2D eigenvalue weighted by molar-refractivity contribution is 6.02. The molecule has 7 bridgehead atoms. The Morgan fingerprint density at radius 3 is 2.92 bits per heavy atom. The van der Waals surface area contributed by atoms with Gasteiger partial charge in [0.25, 0.3) is 0 Å². The first-order valence-electron chi connectivity index (χ1n) is 10.8. The first kappa shape index (κ1) is 15.2. The number of nitrogens with zero attached hydrogens (tertiary/aromatic N) is 1. The van der Waals surface area contributed by atoms with E-state index in [1.807, 2.05) is 0 Å². The van der Waals surface area contributed by atoms with Crippen LogP contribution >= 0.6 is 0 Å². The van der Waals surface area contributed by atoms with Gasteiger partial charge >= 0.3 is 0 Å². The van der Waals surface area contributed by atoms with Crippen molar-refractivity contribution in [2.45, 2.75) is 70.4 Å². The zero-order chi connectivity index (χ0) is 17.5. The summed E-state index contributed by atoms with van der Waals surface area (Å²) in [6.07, 6.45) is 8.74. The standard InChI is InChI=1S/C22H29NO3/c1-12-13-4-7-22(17(12)24)15(10-13)21-6-3-5-20(2)14(21)11-16(22)26-19(21)23-8-9-25-18(20)23/h13-16,18-19H,1,3-11H2,2H3/t13-,14?,15?,16+,18+,19?,20+,21+,22-/m1/s1. The molecule has 4 heterocycles. The van der Waals surface area contributed by atoms with E-state index in [4.69, 9.17) is 9.47 Å². The second-order valence-corrected chi connectivity index (χ2v) is 10.6. The number of carbonyl (C=O) groups excluding carboxylic acids is 1. The van der Waals surface area contributed by atoms with E-state index in [-0.39, 0.29) is 34.8 Å². The Bertz CT molecular complexity index is 750. The predicted octanol–water partition coefficient (Wildman–Crippen LogP) is 3.12. The molecule has 0 aromatic carbocycles. The van der Waals surface area contributed by atoms with E-state index in [1.165, 1.54) is 25.7 Å². The molecule has 9 atom stereocenters. The summed E-state index contributed by atoms with van der Waals surface area (Å²) in [6.45, 7) is 8.55. The third kappa shape index (κ3) is 1.27. The van der Waals surface area contributed by atoms with Crippen LogP contribution in [0.15, 0.2) is 12.2 Å². The van der Waals surface area contributed by atoms with E-state index < -0.39 is 0 Å². The third-order valence-corrected chi connectivity index (χ3v) is 10.2. The van der Waals surface area contributed by atoms with Gasteiger partial charge < -0.3 is 9.47 Å². The number of hydrogen-bond donors (Lipinski definition) is 0. The Kier molecular flexibility index (Phi) is 2.53. The van der Waals surface area contributed by atoms with Crippen molar-refractivity contribution < 1.29 is 14.3 Å². The van der Waals surface area contributed by atoms with Crippen molar-refractivity contribution in [2.75, 3.05) is 13.2 Å². The van der Waals surface area contributed by atoms with Gasteiger partial charge in [-0.15, -0.1) is 0 Å². The van der Waals surface area contributed by atoms with Gasteiger partial charge in [-0.2, -0.15) is 0 Å². The van der Waals surface area contributed by atoms with Gasteiger partial charge in [0.05, 0.1) is 18.1 Å². The zero-order valence-corrected chi connectivity index (χ0v) is 15.7. The summed E-state index contributed by atoms with van der Waals surface area (Å²) >= 11 is 0. The SMILES string of the molecule is C=C1C(=O)[C@]23CC[C@@H]1CC2[C@]12CCC[C@@]4(C)C1C[C@@H]3OC2N1CCO[C@H]14. The van der Waals surface area contributed by atoms with Crippen LogP contribution in [0.2, 0.25) is 0 Å². The molecule has 9 rings (SSSR count). The first-order chi connectivity index (χ1) is 12.5. The van der Waals surface area contributed by atoms with Crippen molar-refractivity contribution in [2.24, 2.45) is 34.0 Å². The first-order valence-corrected chi connectivity index (χ1v) is 10.8. The van der Waals surface area contributed by atoms with E-state index in [9.17, 15) is 4.79 Å². The van der Waals surface area contributed by atoms with Crippen LogP contribution in [0.4, 0.5) is 0 Å². The normalized spacial score (nSPS) is 62.3. The fourth-order valence-electron chi connectivity index (χ4n) is 9.47. The molecule has 4 saturated heterocycles. The molecule has 140 valence electrons. The third-order valence-electron chi connectivity index (χ3n) is 10.2. The van der Waals surface area contributed by atoms with Gasteiger partial charge in [-0.05, 0) is 61.9 Å². The largest absolute Gasteiger partial charge is 0.361 e. The molecule has 4 aliphatic heterocycles. The maximum Gasteiger partial charge on any atom is 0.167 e. The van der Waals surface area contributed by atoms with Gasteiger partial charge in [-0.25, -0.2) is 4.90 Å². The zero-order valence-electron chi connectivity index (χ0n) is 15.7. The van der Waals surface area contributed by atoms with Crippen LogP contribution in [-0.2, 0) is 14.3 Å². The van der Waals surface area contributed by atoms with Crippen molar-refractivity contribution in [3.05, 3.63) is 12.2 Å². The molecule has 5 saturated carbocycles. The van der Waals surface area contributed by atoms with Crippen molar-refractivity contribution in [3.8, 4) is 0 Å². The number of ether oxygens (including phenoxy) is 2. The molecule has 4 heteroatoms. The molecular formula is C22H29NO3. The summed E-state index contributed by atoms with van der Waals surface area (Å²) in [6, 6.07) is 0. The average Bonchev–Trinajstić information content (AvgIpc) is 3.14. The monoisotopic (exact) mass is 355 g/mol. The quantitative estimate of drug-likeness (QED) is 0.626. The minimum Gasteiger partial charge on any atom is -0.361 e. The van der Waals surface area contributed by atoms with Crippen LogP contribution < -0.4 is 0 Å². The van der Waals surface area contributed by atoms with Crippen LogP contribution in [0, 0.1) is 34.0 Å². The number of allylic oxidation sites excluding steroid dienone is 1. The molecule has 0 amide bonds.